The number of hydrogen-bond donors (Lipinski definition) is 1. The predicted octanol–water partition coefficient (Wildman–Crippen LogP) is 3.79. The van der Waals surface area contributed by atoms with Crippen LogP contribution in [0, 0.1) is 0 Å². The fourth-order valence-electron chi connectivity index (χ4n) is 1.93. The molecule has 0 saturated heterocycles. The Hall–Kier alpha value is -0.800. The molecule has 0 aliphatic heterocycles. The van der Waals surface area contributed by atoms with Crippen molar-refractivity contribution in [3.05, 3.63) is 34.9 Å². The second kappa shape index (κ2) is 5.69. The summed E-state index contributed by atoms with van der Waals surface area (Å²) in [6.45, 7) is 6.47. The van der Waals surface area contributed by atoms with Gasteiger partial charge in [0.25, 0.3) is 0 Å². The van der Waals surface area contributed by atoms with Crippen molar-refractivity contribution in [2.45, 2.75) is 32.9 Å². The van der Waals surface area contributed by atoms with Gasteiger partial charge in [-0.05, 0) is 36.9 Å². The molecule has 2 aromatic rings. The first-order valence-electron chi connectivity index (χ1n) is 6.18. The van der Waals surface area contributed by atoms with Crippen LogP contribution in [0.3, 0.4) is 0 Å². The zero-order valence-corrected chi connectivity index (χ0v) is 12.0. The average Bonchev–Trinajstić information content (AvgIpc) is 2.72. The van der Waals surface area contributed by atoms with Gasteiger partial charge >= 0.3 is 0 Å². The van der Waals surface area contributed by atoms with Crippen molar-refractivity contribution in [2.75, 3.05) is 6.54 Å². The minimum atomic E-state index is 0.601. The Labute approximate surface area is 111 Å². The number of fused-ring (bicyclic) bond motifs is 1. The maximum absolute atomic E-state index is 3.52. The van der Waals surface area contributed by atoms with Crippen LogP contribution >= 0.6 is 15.9 Å². The van der Waals surface area contributed by atoms with Crippen LogP contribution in [0.1, 0.15) is 20.3 Å². The number of nitrogens with zero attached hydrogens (tertiary/aromatic N) is 1. The minimum absolute atomic E-state index is 0.601. The molecule has 3 heteroatoms. The van der Waals surface area contributed by atoms with Gasteiger partial charge in [-0.3, -0.25) is 0 Å². The molecule has 17 heavy (non-hydrogen) atoms. The van der Waals surface area contributed by atoms with Crippen LogP contribution in [-0.4, -0.2) is 17.2 Å². The molecule has 1 unspecified atom stereocenters. The topological polar surface area (TPSA) is 17.0 Å². The fraction of sp³-hybridized carbons (Fsp3) is 0.429. The summed E-state index contributed by atoms with van der Waals surface area (Å²) in [5, 5.41) is 4.82. The summed E-state index contributed by atoms with van der Waals surface area (Å²) < 4.78 is 3.44. The van der Waals surface area contributed by atoms with Crippen LogP contribution in [0.4, 0.5) is 0 Å². The molecule has 0 aliphatic rings. The van der Waals surface area contributed by atoms with E-state index in [1.807, 2.05) is 0 Å². The van der Waals surface area contributed by atoms with Crippen molar-refractivity contribution in [1.29, 1.82) is 0 Å². The molecule has 2 nitrogen and oxygen atoms in total. The summed E-state index contributed by atoms with van der Waals surface area (Å²) in [6.07, 6.45) is 3.34. The van der Waals surface area contributed by atoms with Crippen LogP contribution in [-0.2, 0) is 6.54 Å². The smallest absolute Gasteiger partial charge is 0.0492 e. The molecule has 0 aliphatic carbocycles. The van der Waals surface area contributed by atoms with E-state index in [9.17, 15) is 0 Å². The molecule has 1 atom stereocenters. The lowest BCUT2D eigenvalue weighted by molar-refractivity contribution is 0.509. The first kappa shape index (κ1) is 12.7. The van der Waals surface area contributed by atoms with E-state index >= 15 is 0 Å². The van der Waals surface area contributed by atoms with Gasteiger partial charge in [-0.15, -0.1) is 0 Å². The zero-order valence-electron chi connectivity index (χ0n) is 10.4. The molecule has 0 bridgehead atoms. The van der Waals surface area contributed by atoms with E-state index in [1.54, 1.807) is 0 Å². The van der Waals surface area contributed by atoms with E-state index in [2.05, 4.69) is 70.1 Å². The molecule has 0 amide bonds. The quantitative estimate of drug-likeness (QED) is 0.888. The first-order chi connectivity index (χ1) is 8.20. The fourth-order valence-corrected chi connectivity index (χ4v) is 2.28. The second-order valence-corrected chi connectivity index (χ2v) is 5.39. The SMILES string of the molecule is CCC(C)NCCn1ccc2ccc(Br)cc21. The van der Waals surface area contributed by atoms with Crippen molar-refractivity contribution in [2.24, 2.45) is 0 Å². The summed E-state index contributed by atoms with van der Waals surface area (Å²) in [4.78, 5) is 0. The average molecular weight is 295 g/mol. The van der Waals surface area contributed by atoms with Crippen LogP contribution in [0.5, 0.6) is 0 Å². The van der Waals surface area contributed by atoms with Gasteiger partial charge in [0.15, 0.2) is 0 Å². The third kappa shape index (κ3) is 3.11. The molecule has 92 valence electrons. The van der Waals surface area contributed by atoms with Crippen LogP contribution in [0.15, 0.2) is 34.9 Å². The summed E-state index contributed by atoms with van der Waals surface area (Å²) in [6, 6.07) is 9.19. The lowest BCUT2D eigenvalue weighted by Gasteiger charge is -2.12. The van der Waals surface area contributed by atoms with Crippen molar-refractivity contribution >= 4 is 26.8 Å². The van der Waals surface area contributed by atoms with Crippen molar-refractivity contribution in [1.82, 2.24) is 9.88 Å². The van der Waals surface area contributed by atoms with Gasteiger partial charge in [0.2, 0.25) is 0 Å². The molecule has 0 fully saturated rings. The maximum Gasteiger partial charge on any atom is 0.0492 e. The van der Waals surface area contributed by atoms with E-state index in [-0.39, 0.29) is 0 Å². The number of aromatic nitrogens is 1. The zero-order chi connectivity index (χ0) is 12.3. The lowest BCUT2D eigenvalue weighted by Crippen LogP contribution is -2.28. The summed E-state index contributed by atoms with van der Waals surface area (Å²) in [5.41, 5.74) is 1.30. The highest BCUT2D eigenvalue weighted by Crippen LogP contribution is 2.20. The third-order valence-corrected chi connectivity index (χ3v) is 3.69. The molecular formula is C14H19BrN2. The van der Waals surface area contributed by atoms with Crippen molar-refractivity contribution < 1.29 is 0 Å². The Morgan fingerprint density at radius 1 is 1.35 bits per heavy atom. The second-order valence-electron chi connectivity index (χ2n) is 4.48. The Bertz CT molecular complexity index is 490. The van der Waals surface area contributed by atoms with Gasteiger partial charge < -0.3 is 9.88 Å². The standard InChI is InChI=1S/C14H19BrN2/c1-3-11(2)16-7-9-17-8-6-12-4-5-13(15)10-14(12)17/h4-6,8,10-11,16H,3,7,9H2,1-2H3. The molecule has 0 saturated carbocycles. The Balaban J connectivity index is 2.06. The Morgan fingerprint density at radius 3 is 2.94 bits per heavy atom. The third-order valence-electron chi connectivity index (χ3n) is 3.19. The monoisotopic (exact) mass is 294 g/mol. The number of nitrogens with one attached hydrogen (secondary N) is 1. The lowest BCUT2D eigenvalue weighted by atomic mass is 10.2. The Morgan fingerprint density at radius 2 is 2.18 bits per heavy atom. The predicted molar refractivity (Wildman–Crippen MR) is 77.4 cm³/mol. The number of rotatable bonds is 5. The summed E-state index contributed by atoms with van der Waals surface area (Å²) in [7, 11) is 0. The molecule has 0 spiro atoms. The van der Waals surface area contributed by atoms with E-state index in [1.165, 1.54) is 17.3 Å². The Kier molecular flexibility index (Phi) is 4.24. The van der Waals surface area contributed by atoms with Gasteiger partial charge in [-0.1, -0.05) is 28.9 Å². The van der Waals surface area contributed by atoms with Gasteiger partial charge in [0.05, 0.1) is 0 Å². The normalized spacial score (nSPS) is 13.1. The van der Waals surface area contributed by atoms with Crippen LogP contribution in [0.25, 0.3) is 10.9 Å². The largest absolute Gasteiger partial charge is 0.346 e. The van der Waals surface area contributed by atoms with Gasteiger partial charge in [0, 0.05) is 35.3 Å². The molecule has 1 aromatic carbocycles. The van der Waals surface area contributed by atoms with Crippen molar-refractivity contribution in [3.8, 4) is 0 Å². The highest BCUT2D eigenvalue weighted by Gasteiger charge is 2.02. The summed E-state index contributed by atoms with van der Waals surface area (Å²) >= 11 is 3.52. The summed E-state index contributed by atoms with van der Waals surface area (Å²) in [5.74, 6) is 0. The van der Waals surface area contributed by atoms with Crippen molar-refractivity contribution in [3.63, 3.8) is 0 Å². The van der Waals surface area contributed by atoms with E-state index < -0.39 is 0 Å². The minimum Gasteiger partial charge on any atom is -0.346 e. The first-order valence-corrected chi connectivity index (χ1v) is 6.97. The highest BCUT2D eigenvalue weighted by molar-refractivity contribution is 9.10. The van der Waals surface area contributed by atoms with Gasteiger partial charge in [-0.25, -0.2) is 0 Å². The maximum atomic E-state index is 3.52. The van der Waals surface area contributed by atoms with Gasteiger partial charge in [-0.2, -0.15) is 0 Å². The molecule has 1 heterocycles. The molecule has 1 aromatic heterocycles. The molecule has 2 rings (SSSR count). The van der Waals surface area contributed by atoms with Gasteiger partial charge in [0.1, 0.15) is 0 Å². The van der Waals surface area contributed by atoms with Crippen LogP contribution in [0.2, 0.25) is 0 Å². The number of hydrogen-bond acceptors (Lipinski definition) is 1. The van der Waals surface area contributed by atoms with E-state index in [4.69, 9.17) is 0 Å². The molecule has 0 radical (unpaired) electrons. The molecular weight excluding hydrogens is 276 g/mol. The van der Waals surface area contributed by atoms with E-state index in [0.29, 0.717) is 6.04 Å². The van der Waals surface area contributed by atoms with E-state index in [0.717, 1.165) is 17.6 Å². The number of halogens is 1. The highest BCUT2D eigenvalue weighted by atomic mass is 79.9. The van der Waals surface area contributed by atoms with Crippen LogP contribution < -0.4 is 5.32 Å². The molecule has 1 N–H and O–H groups in total. The number of benzene rings is 1.